The molecule has 0 radical (unpaired) electrons. The quantitative estimate of drug-likeness (QED) is 0.200. The van der Waals surface area contributed by atoms with Crippen LogP contribution in [-0.2, 0) is 14.4 Å². The van der Waals surface area contributed by atoms with Gasteiger partial charge in [0.2, 0.25) is 5.91 Å². The Kier molecular flexibility index (Phi) is 11.5. The van der Waals surface area contributed by atoms with Crippen LogP contribution in [0.3, 0.4) is 0 Å². The van der Waals surface area contributed by atoms with Gasteiger partial charge >= 0.3 is 18.0 Å². The van der Waals surface area contributed by atoms with E-state index in [0.717, 1.165) is 56.9 Å². The molecule has 0 aromatic rings. The first-order valence-corrected chi connectivity index (χ1v) is 14.9. The van der Waals surface area contributed by atoms with Crippen LogP contribution < -0.4 is 5.32 Å². The summed E-state index contributed by atoms with van der Waals surface area (Å²) in [5.41, 5.74) is 0.463. The third kappa shape index (κ3) is 8.46. The van der Waals surface area contributed by atoms with Crippen LogP contribution in [0.15, 0.2) is 0 Å². The fourth-order valence-electron chi connectivity index (χ4n) is 7.31. The van der Waals surface area contributed by atoms with Crippen LogP contribution in [0.25, 0.3) is 0 Å². The molecule has 12 nitrogen and oxygen atoms in total. The van der Waals surface area contributed by atoms with Crippen molar-refractivity contribution >= 4 is 36.5 Å². The van der Waals surface area contributed by atoms with E-state index in [9.17, 15) is 19.2 Å². The minimum absolute atomic E-state index is 0.0309. The van der Waals surface area contributed by atoms with Gasteiger partial charge in [0.15, 0.2) is 12.2 Å². The lowest BCUT2D eigenvalue weighted by Gasteiger charge is -2.57. The molecule has 0 unspecified atom stereocenters. The average Bonchev–Trinajstić information content (AvgIpc) is 2.89. The van der Waals surface area contributed by atoms with Crippen LogP contribution in [0.1, 0.15) is 51.9 Å². The third-order valence-corrected chi connectivity index (χ3v) is 9.26. The Balaban J connectivity index is 0.000000378. The monoisotopic (exact) mass is 586 g/mol. The maximum absolute atomic E-state index is 13.0. The fraction of sp³-hybridized carbons (Fsp3) is 0.852. The van der Waals surface area contributed by atoms with Crippen LogP contribution in [0.4, 0.5) is 4.79 Å². The van der Waals surface area contributed by atoms with Gasteiger partial charge in [-0.1, -0.05) is 0 Å². The van der Waals surface area contributed by atoms with Crippen LogP contribution >= 0.6 is 12.6 Å². The molecule has 5 rings (SSSR count). The predicted octanol–water partition coefficient (Wildman–Crippen LogP) is 0.574. The van der Waals surface area contributed by atoms with Crippen molar-refractivity contribution < 1.29 is 39.6 Å². The summed E-state index contributed by atoms with van der Waals surface area (Å²) in [6.07, 6.45) is 5.03. The molecular formula is C27H46N4O8S. The van der Waals surface area contributed by atoms with Gasteiger partial charge in [-0.05, 0) is 82.1 Å². The number of thiol groups is 1. The largest absolute Gasteiger partial charge is 0.479 e. The Morgan fingerprint density at radius 3 is 1.80 bits per heavy atom. The number of carbonyl (C=O) groups excluding carboxylic acids is 2. The standard InChI is InChI=1S/C23H40N4O2S.C4H6O6/c1-17(21(28)26-7-5-25(2)6-8-26)24-22(29)27(9-10-30)4-3-23-14-18-11-19(15-23)13-20(12-18)16-23;5-1(3(7)8)2(6)4(9)10/h17-20,30H,3-16H2,1-2H3,(H,24,29);1-2,5-6H,(H,7,8)(H,9,10)/t17-,18?,19?,20?,23?;1-,2-/m01/s1. The van der Waals surface area contributed by atoms with Crippen LogP contribution in [0.5, 0.6) is 0 Å². The highest BCUT2D eigenvalue weighted by atomic mass is 32.1. The summed E-state index contributed by atoms with van der Waals surface area (Å²) in [6, 6.07) is -0.591. The molecule has 0 aromatic heterocycles. The maximum atomic E-state index is 13.0. The molecule has 3 amide bonds. The molecule has 5 fully saturated rings. The van der Waals surface area contributed by atoms with Gasteiger partial charge in [-0.2, -0.15) is 12.6 Å². The second kappa shape index (κ2) is 14.2. The number of piperazine rings is 1. The second-order valence-electron chi connectivity index (χ2n) is 12.2. The zero-order chi connectivity index (χ0) is 29.6. The molecule has 4 saturated carbocycles. The molecule has 5 N–H and O–H groups in total. The molecule has 0 spiro atoms. The summed E-state index contributed by atoms with van der Waals surface area (Å²) in [4.78, 5) is 51.3. The molecule has 1 heterocycles. The van der Waals surface area contributed by atoms with E-state index >= 15 is 0 Å². The second-order valence-corrected chi connectivity index (χ2v) is 12.7. The molecule has 13 heteroatoms. The summed E-state index contributed by atoms with van der Waals surface area (Å²) in [5, 5.41) is 35.5. The predicted molar refractivity (Wildman–Crippen MR) is 150 cm³/mol. The highest BCUT2D eigenvalue weighted by molar-refractivity contribution is 7.80. The van der Waals surface area contributed by atoms with Crippen molar-refractivity contribution in [1.82, 2.24) is 20.0 Å². The molecule has 228 valence electrons. The van der Waals surface area contributed by atoms with Crippen molar-refractivity contribution in [3.05, 3.63) is 0 Å². The molecule has 4 bridgehead atoms. The van der Waals surface area contributed by atoms with Gasteiger partial charge in [0.1, 0.15) is 6.04 Å². The number of aliphatic hydroxyl groups excluding tert-OH is 2. The van der Waals surface area contributed by atoms with Gasteiger partial charge in [0, 0.05) is 45.0 Å². The molecule has 1 aliphatic heterocycles. The Hall–Kier alpha value is -2.09. The van der Waals surface area contributed by atoms with Crippen molar-refractivity contribution in [3.63, 3.8) is 0 Å². The van der Waals surface area contributed by atoms with Crippen molar-refractivity contribution in [3.8, 4) is 0 Å². The van der Waals surface area contributed by atoms with Crippen molar-refractivity contribution in [2.45, 2.75) is 70.1 Å². The summed E-state index contributed by atoms with van der Waals surface area (Å²) in [5.74, 6) is -0.0539. The number of amides is 3. The zero-order valence-corrected chi connectivity index (χ0v) is 24.5. The van der Waals surface area contributed by atoms with E-state index in [1.54, 1.807) is 0 Å². The van der Waals surface area contributed by atoms with Crippen molar-refractivity contribution in [2.75, 3.05) is 52.1 Å². The van der Waals surface area contributed by atoms with Gasteiger partial charge in [-0.25, -0.2) is 14.4 Å². The van der Waals surface area contributed by atoms with Gasteiger partial charge in [-0.3, -0.25) is 4.79 Å². The molecule has 0 aromatic carbocycles. The normalized spacial score (nSPS) is 29.5. The Morgan fingerprint density at radius 2 is 1.38 bits per heavy atom. The van der Waals surface area contributed by atoms with E-state index in [1.165, 1.54) is 38.5 Å². The average molecular weight is 587 g/mol. The first-order chi connectivity index (χ1) is 18.8. The summed E-state index contributed by atoms with van der Waals surface area (Å²) >= 11 is 4.39. The van der Waals surface area contributed by atoms with Crippen LogP contribution in [0, 0.1) is 23.2 Å². The molecular weight excluding hydrogens is 540 g/mol. The molecule has 1 saturated heterocycles. The highest BCUT2D eigenvalue weighted by Crippen LogP contribution is 2.61. The molecule has 4 aliphatic carbocycles. The fourth-order valence-corrected chi connectivity index (χ4v) is 7.55. The number of aliphatic carboxylic acids is 2. The smallest absolute Gasteiger partial charge is 0.335 e. The molecule has 5 aliphatic rings. The number of hydrogen-bond donors (Lipinski definition) is 6. The number of nitrogens with one attached hydrogen (secondary N) is 1. The van der Waals surface area contributed by atoms with E-state index in [1.807, 2.05) is 16.7 Å². The summed E-state index contributed by atoms with van der Waals surface area (Å²) in [6.45, 7) is 6.50. The summed E-state index contributed by atoms with van der Waals surface area (Å²) < 4.78 is 0. The number of likely N-dealkylation sites (N-methyl/N-ethyl adjacent to an activating group) is 1. The number of rotatable bonds is 10. The van der Waals surface area contributed by atoms with E-state index in [4.69, 9.17) is 20.4 Å². The Bertz CT molecular complexity index is 860. The van der Waals surface area contributed by atoms with Gasteiger partial charge in [0.05, 0.1) is 0 Å². The lowest BCUT2D eigenvalue weighted by atomic mass is 9.49. The van der Waals surface area contributed by atoms with Gasteiger partial charge in [0.25, 0.3) is 0 Å². The van der Waals surface area contributed by atoms with E-state index in [2.05, 4.69) is 29.9 Å². The topological polar surface area (TPSA) is 171 Å². The number of nitrogens with zero attached hydrogens (tertiary/aromatic N) is 3. The van der Waals surface area contributed by atoms with E-state index in [0.29, 0.717) is 17.7 Å². The first kappa shape index (κ1) is 32.4. The number of aliphatic hydroxyl groups is 2. The number of carbonyl (C=O) groups is 4. The highest BCUT2D eigenvalue weighted by Gasteiger charge is 2.50. The van der Waals surface area contributed by atoms with Crippen molar-refractivity contribution in [1.29, 1.82) is 0 Å². The molecule has 3 atom stereocenters. The van der Waals surface area contributed by atoms with Crippen LogP contribution in [-0.4, -0.2) is 129 Å². The lowest BCUT2D eigenvalue weighted by Crippen LogP contribution is -2.55. The third-order valence-electron chi connectivity index (χ3n) is 9.06. The minimum atomic E-state index is -2.27. The summed E-state index contributed by atoms with van der Waals surface area (Å²) in [7, 11) is 2.08. The minimum Gasteiger partial charge on any atom is -0.479 e. The SMILES string of the molecule is C[C@H](NC(=O)N(CCS)CCC12CC3CC(CC(C3)C1)C2)C(=O)N1CCN(C)CC1.O=C(O)[C@H](O)[C@@H](O)C(=O)O. The number of carboxylic acid groups (broad SMARTS) is 2. The Labute approximate surface area is 241 Å². The Morgan fingerprint density at radius 1 is 0.900 bits per heavy atom. The van der Waals surface area contributed by atoms with E-state index in [-0.39, 0.29) is 11.9 Å². The van der Waals surface area contributed by atoms with Gasteiger partial charge < -0.3 is 40.4 Å². The van der Waals surface area contributed by atoms with Crippen molar-refractivity contribution in [2.24, 2.45) is 23.2 Å². The number of urea groups is 1. The maximum Gasteiger partial charge on any atom is 0.335 e. The van der Waals surface area contributed by atoms with Crippen LogP contribution in [0.2, 0.25) is 0 Å². The van der Waals surface area contributed by atoms with Gasteiger partial charge in [-0.15, -0.1) is 0 Å². The molecule has 40 heavy (non-hydrogen) atoms. The first-order valence-electron chi connectivity index (χ1n) is 14.3. The number of carboxylic acids is 2. The lowest BCUT2D eigenvalue weighted by molar-refractivity contribution is -0.165. The van der Waals surface area contributed by atoms with E-state index < -0.39 is 30.2 Å². The zero-order valence-electron chi connectivity index (χ0n) is 23.6. The number of hydrogen-bond acceptors (Lipinski definition) is 8.